The number of hydrogen-bond acceptors (Lipinski definition) is 5. The Kier molecular flexibility index (Phi) is 5.43. The van der Waals surface area contributed by atoms with E-state index in [4.69, 9.17) is 0 Å². The molecule has 0 radical (unpaired) electrons. The van der Waals surface area contributed by atoms with Crippen LogP contribution in [0.4, 0.5) is 37.7 Å². The lowest BCUT2D eigenvalue weighted by Crippen LogP contribution is -2.47. The minimum atomic E-state index is -4.69. The van der Waals surface area contributed by atoms with Gasteiger partial charge in [-0.25, -0.2) is 0 Å². The number of anilines is 1. The van der Waals surface area contributed by atoms with Gasteiger partial charge in [-0.1, -0.05) is 0 Å². The van der Waals surface area contributed by atoms with Crippen LogP contribution in [-0.2, 0) is 19.0 Å². The molecule has 2 aromatic rings. The molecule has 1 aliphatic rings. The topological polar surface area (TPSA) is 67.4 Å². The summed E-state index contributed by atoms with van der Waals surface area (Å²) in [7, 11) is 0. The lowest BCUT2D eigenvalue weighted by molar-refractivity contribution is -0.384. The molecule has 0 atom stereocenters. The van der Waals surface area contributed by atoms with Crippen molar-refractivity contribution in [3.05, 3.63) is 51.8 Å². The summed E-state index contributed by atoms with van der Waals surface area (Å²) in [5.41, 5.74) is -2.68. The average Bonchev–Trinajstić information content (AvgIpc) is 3.10. The predicted molar refractivity (Wildman–Crippen MR) is 89.1 cm³/mol. The molecule has 0 N–H and O–H groups in total. The molecule has 13 heteroatoms. The van der Waals surface area contributed by atoms with Gasteiger partial charge in [-0.15, -0.1) is 0 Å². The fourth-order valence-corrected chi connectivity index (χ4v) is 3.04. The van der Waals surface area contributed by atoms with Gasteiger partial charge in [0.05, 0.1) is 17.2 Å². The average molecular weight is 423 g/mol. The third-order valence-electron chi connectivity index (χ3n) is 4.49. The number of rotatable bonds is 4. The first-order valence-corrected chi connectivity index (χ1v) is 8.39. The van der Waals surface area contributed by atoms with Gasteiger partial charge in [0.1, 0.15) is 5.69 Å². The van der Waals surface area contributed by atoms with E-state index in [1.807, 2.05) is 0 Å². The van der Waals surface area contributed by atoms with Gasteiger partial charge < -0.3 is 4.90 Å². The lowest BCUT2D eigenvalue weighted by Gasteiger charge is -2.35. The molecule has 1 aliphatic heterocycles. The van der Waals surface area contributed by atoms with E-state index in [2.05, 4.69) is 5.10 Å². The van der Waals surface area contributed by atoms with Gasteiger partial charge in [-0.2, -0.15) is 31.4 Å². The standard InChI is InChI=1S/C16H15F6N5O2/c17-15(18,19)11-1-2-12(13(9-11)27(28)29)25-7-5-24(6-8-25)10-26-4-3-14(23-26)16(20,21)22/h1-4,9H,5-8,10H2. The van der Waals surface area contributed by atoms with Crippen LogP contribution in [-0.4, -0.2) is 45.8 Å². The summed E-state index contributed by atoms with van der Waals surface area (Å²) in [5, 5.41) is 14.7. The molecule has 29 heavy (non-hydrogen) atoms. The molecule has 158 valence electrons. The zero-order valence-corrected chi connectivity index (χ0v) is 14.7. The van der Waals surface area contributed by atoms with Crippen molar-refractivity contribution in [1.82, 2.24) is 14.7 Å². The maximum absolute atomic E-state index is 12.8. The summed E-state index contributed by atoms with van der Waals surface area (Å²) >= 11 is 0. The minimum absolute atomic E-state index is 0.0705. The van der Waals surface area contributed by atoms with Gasteiger partial charge in [0.15, 0.2) is 5.69 Å². The van der Waals surface area contributed by atoms with Crippen molar-refractivity contribution in [2.75, 3.05) is 31.1 Å². The van der Waals surface area contributed by atoms with Crippen molar-refractivity contribution in [1.29, 1.82) is 0 Å². The summed E-state index contributed by atoms with van der Waals surface area (Å²) in [6.07, 6.45) is -8.03. The normalized spacial score (nSPS) is 16.3. The van der Waals surface area contributed by atoms with Gasteiger partial charge in [0.25, 0.3) is 5.69 Å². The van der Waals surface area contributed by atoms with Crippen LogP contribution < -0.4 is 4.90 Å². The Hall–Kier alpha value is -2.83. The van der Waals surface area contributed by atoms with Crippen molar-refractivity contribution >= 4 is 11.4 Å². The number of nitro groups is 1. The minimum Gasteiger partial charge on any atom is -0.363 e. The smallest absolute Gasteiger partial charge is 0.363 e. The first-order chi connectivity index (χ1) is 13.4. The van der Waals surface area contributed by atoms with Gasteiger partial charge >= 0.3 is 12.4 Å². The lowest BCUT2D eigenvalue weighted by atomic mass is 10.1. The highest BCUT2D eigenvalue weighted by atomic mass is 19.4. The van der Waals surface area contributed by atoms with Crippen LogP contribution in [0, 0.1) is 10.1 Å². The van der Waals surface area contributed by atoms with Crippen LogP contribution in [0.1, 0.15) is 11.3 Å². The largest absolute Gasteiger partial charge is 0.435 e. The number of hydrogen-bond donors (Lipinski definition) is 0. The van der Waals surface area contributed by atoms with Crippen LogP contribution in [0.2, 0.25) is 0 Å². The van der Waals surface area contributed by atoms with Gasteiger partial charge in [-0.3, -0.25) is 19.7 Å². The maximum atomic E-state index is 12.8. The number of nitro benzene ring substituents is 1. The van der Waals surface area contributed by atoms with E-state index < -0.39 is 34.2 Å². The zero-order valence-electron chi connectivity index (χ0n) is 14.7. The second-order valence-corrected chi connectivity index (χ2v) is 6.44. The van der Waals surface area contributed by atoms with E-state index in [9.17, 15) is 36.5 Å². The summed E-state index contributed by atoms with van der Waals surface area (Å²) in [5.74, 6) is 0. The predicted octanol–water partition coefficient (Wildman–Crippen LogP) is 3.61. The van der Waals surface area contributed by atoms with Crippen LogP contribution in [0.25, 0.3) is 0 Å². The molecule has 0 bridgehead atoms. The highest BCUT2D eigenvalue weighted by Gasteiger charge is 2.35. The molecule has 2 heterocycles. The molecule has 0 saturated carbocycles. The van der Waals surface area contributed by atoms with Gasteiger partial charge in [0.2, 0.25) is 0 Å². The molecule has 1 aromatic heterocycles. The highest BCUT2D eigenvalue weighted by Crippen LogP contribution is 2.36. The first kappa shape index (κ1) is 20.9. The molecule has 1 saturated heterocycles. The summed E-state index contributed by atoms with van der Waals surface area (Å²) < 4.78 is 77.4. The van der Waals surface area contributed by atoms with Gasteiger partial charge in [-0.05, 0) is 18.2 Å². The number of halogens is 6. The molecular formula is C16H15F6N5O2. The quantitative estimate of drug-likeness (QED) is 0.427. The van der Waals surface area contributed by atoms with E-state index in [1.54, 1.807) is 9.80 Å². The number of aromatic nitrogens is 2. The van der Waals surface area contributed by atoms with Crippen molar-refractivity contribution in [2.24, 2.45) is 0 Å². The molecular weight excluding hydrogens is 408 g/mol. The van der Waals surface area contributed by atoms with Crippen LogP contribution >= 0.6 is 0 Å². The zero-order chi connectivity index (χ0) is 21.4. The summed E-state index contributed by atoms with van der Waals surface area (Å²) in [6.45, 7) is 1.32. The molecule has 0 amide bonds. The number of piperazine rings is 1. The Morgan fingerprint density at radius 2 is 1.66 bits per heavy atom. The maximum Gasteiger partial charge on any atom is 0.435 e. The van der Waals surface area contributed by atoms with Crippen molar-refractivity contribution in [3.63, 3.8) is 0 Å². The summed E-state index contributed by atoms with van der Waals surface area (Å²) in [6, 6.07) is 3.22. The van der Waals surface area contributed by atoms with E-state index in [0.29, 0.717) is 19.2 Å². The monoisotopic (exact) mass is 423 g/mol. The number of alkyl halides is 6. The highest BCUT2D eigenvalue weighted by molar-refractivity contribution is 5.65. The van der Waals surface area contributed by atoms with Crippen molar-refractivity contribution in [3.8, 4) is 0 Å². The number of nitrogens with zero attached hydrogens (tertiary/aromatic N) is 5. The molecule has 3 rings (SSSR count). The molecule has 1 aromatic carbocycles. The first-order valence-electron chi connectivity index (χ1n) is 8.39. The molecule has 7 nitrogen and oxygen atoms in total. The van der Waals surface area contributed by atoms with Crippen LogP contribution in [0.3, 0.4) is 0 Å². The number of benzene rings is 1. The Labute approximate surface area is 160 Å². The van der Waals surface area contributed by atoms with Crippen molar-refractivity contribution in [2.45, 2.75) is 19.0 Å². The molecule has 1 fully saturated rings. The SMILES string of the molecule is O=[N+]([O-])c1cc(C(F)(F)F)ccc1N1CCN(Cn2ccc(C(F)(F)F)n2)CC1. The summed E-state index contributed by atoms with van der Waals surface area (Å²) in [4.78, 5) is 13.7. The molecule has 0 spiro atoms. The third kappa shape index (κ3) is 4.78. The third-order valence-corrected chi connectivity index (χ3v) is 4.49. The van der Waals surface area contributed by atoms with E-state index in [1.165, 1.54) is 6.20 Å². The second kappa shape index (κ2) is 7.54. The van der Waals surface area contributed by atoms with Crippen LogP contribution in [0.5, 0.6) is 0 Å². The van der Waals surface area contributed by atoms with Crippen LogP contribution in [0.15, 0.2) is 30.5 Å². The van der Waals surface area contributed by atoms with Crippen molar-refractivity contribution < 1.29 is 31.3 Å². The molecule has 0 aliphatic carbocycles. The Morgan fingerprint density at radius 1 is 1.00 bits per heavy atom. The molecule has 0 unspecified atom stereocenters. The van der Waals surface area contributed by atoms with E-state index >= 15 is 0 Å². The second-order valence-electron chi connectivity index (χ2n) is 6.44. The fraction of sp³-hybridized carbons (Fsp3) is 0.438. The Balaban J connectivity index is 1.67. The van der Waals surface area contributed by atoms with Gasteiger partial charge in [0, 0.05) is 38.4 Å². The fourth-order valence-electron chi connectivity index (χ4n) is 3.04. The Bertz CT molecular complexity index is 887. The Morgan fingerprint density at radius 3 is 2.17 bits per heavy atom. The van der Waals surface area contributed by atoms with E-state index in [0.717, 1.165) is 22.9 Å². The van der Waals surface area contributed by atoms with E-state index in [-0.39, 0.29) is 25.4 Å².